The van der Waals surface area contributed by atoms with Crippen molar-refractivity contribution in [3.8, 4) is 11.4 Å². The van der Waals surface area contributed by atoms with Gasteiger partial charge in [0.15, 0.2) is 5.78 Å². The van der Waals surface area contributed by atoms with Crippen LogP contribution in [-0.4, -0.2) is 55.9 Å². The van der Waals surface area contributed by atoms with Crippen molar-refractivity contribution >= 4 is 29.5 Å². The number of ketones is 1. The molecule has 0 unspecified atom stereocenters. The van der Waals surface area contributed by atoms with E-state index in [1.165, 1.54) is 0 Å². The fourth-order valence-electron chi connectivity index (χ4n) is 3.37. The van der Waals surface area contributed by atoms with Gasteiger partial charge in [-0.3, -0.25) is 24.0 Å². The summed E-state index contributed by atoms with van der Waals surface area (Å²) in [6.07, 6.45) is -0.999. The summed E-state index contributed by atoms with van der Waals surface area (Å²) < 4.78 is 4.95. The molecule has 2 amide bonds. The molecule has 1 aromatic carbocycles. The molecular formula is C23H28N4O8. The Morgan fingerprint density at radius 2 is 1.63 bits per heavy atom. The van der Waals surface area contributed by atoms with Gasteiger partial charge in [0.05, 0.1) is 6.04 Å². The largest absolute Gasteiger partial charge is 0.481 e. The number of carboxylic acids is 2. The number of carbonyl (C=O) groups is 5. The predicted molar refractivity (Wildman–Crippen MR) is 121 cm³/mol. The van der Waals surface area contributed by atoms with Crippen LogP contribution in [0, 0.1) is 12.8 Å². The first-order valence-corrected chi connectivity index (χ1v) is 11.0. The molecule has 35 heavy (non-hydrogen) atoms. The van der Waals surface area contributed by atoms with Gasteiger partial charge in [-0.25, -0.2) is 0 Å². The number of amides is 2. The zero-order chi connectivity index (χ0) is 26.0. The Bertz CT molecular complexity index is 1060. The standard InChI is InChI=1S/C23H28N4O8/c1-13-25-23(27-35-13)15-5-2-14(3-6-15)4-9-19(29)26-17(8-11-21(32)33)18(28)12-16(22(24)34)7-10-20(30)31/h2-3,5-6,16-17H,4,7-12H2,1H3,(H2,24,34)(H,26,29)(H,30,31)(H,32,33)/t16-,17+/m1/s1. The molecule has 0 spiro atoms. The minimum Gasteiger partial charge on any atom is -0.481 e. The number of carboxylic acid groups (broad SMARTS) is 2. The maximum atomic E-state index is 12.7. The van der Waals surface area contributed by atoms with Gasteiger partial charge >= 0.3 is 11.9 Å². The third-order valence-corrected chi connectivity index (χ3v) is 5.31. The van der Waals surface area contributed by atoms with Crippen LogP contribution in [-0.2, 0) is 30.4 Å². The summed E-state index contributed by atoms with van der Waals surface area (Å²) in [5.41, 5.74) is 6.88. The van der Waals surface area contributed by atoms with Crippen LogP contribution >= 0.6 is 0 Å². The van der Waals surface area contributed by atoms with Crippen LogP contribution in [0.25, 0.3) is 11.4 Å². The lowest BCUT2D eigenvalue weighted by Gasteiger charge is -2.19. The molecule has 2 aromatic rings. The van der Waals surface area contributed by atoms with E-state index in [2.05, 4.69) is 15.5 Å². The lowest BCUT2D eigenvalue weighted by atomic mass is 9.92. The average molecular weight is 488 g/mol. The highest BCUT2D eigenvalue weighted by atomic mass is 16.5. The number of carbonyl (C=O) groups excluding carboxylic acids is 3. The molecule has 0 aliphatic carbocycles. The quantitative estimate of drug-likeness (QED) is 0.282. The zero-order valence-corrected chi connectivity index (χ0v) is 19.2. The topological polar surface area (TPSA) is 203 Å². The fourth-order valence-corrected chi connectivity index (χ4v) is 3.37. The molecule has 0 fully saturated rings. The Balaban J connectivity index is 1.96. The van der Waals surface area contributed by atoms with Gasteiger partial charge in [-0.05, 0) is 24.8 Å². The number of primary amides is 1. The summed E-state index contributed by atoms with van der Waals surface area (Å²) in [6, 6.07) is 6.06. The zero-order valence-electron chi connectivity index (χ0n) is 19.2. The third-order valence-electron chi connectivity index (χ3n) is 5.31. The molecule has 188 valence electrons. The van der Waals surface area contributed by atoms with E-state index < -0.39 is 41.5 Å². The highest BCUT2D eigenvalue weighted by Crippen LogP contribution is 2.18. The molecule has 0 aliphatic heterocycles. The first kappa shape index (κ1) is 27.2. The van der Waals surface area contributed by atoms with Gasteiger partial charge < -0.3 is 25.8 Å². The number of aryl methyl sites for hydroxylation is 2. The van der Waals surface area contributed by atoms with E-state index in [4.69, 9.17) is 20.5 Å². The van der Waals surface area contributed by atoms with E-state index in [1.807, 2.05) is 0 Å². The van der Waals surface area contributed by atoms with Crippen molar-refractivity contribution in [1.82, 2.24) is 15.5 Å². The Morgan fingerprint density at radius 3 is 2.17 bits per heavy atom. The summed E-state index contributed by atoms with van der Waals surface area (Å²) >= 11 is 0. The highest BCUT2D eigenvalue weighted by Gasteiger charge is 2.27. The van der Waals surface area contributed by atoms with Gasteiger partial charge in [0.1, 0.15) is 0 Å². The van der Waals surface area contributed by atoms with Crippen LogP contribution in [0.4, 0.5) is 0 Å². The van der Waals surface area contributed by atoms with E-state index in [0.29, 0.717) is 18.1 Å². The number of nitrogens with zero attached hydrogens (tertiary/aromatic N) is 2. The van der Waals surface area contributed by atoms with Crippen LogP contribution in [0.2, 0.25) is 0 Å². The van der Waals surface area contributed by atoms with Crippen LogP contribution in [0.1, 0.15) is 50.0 Å². The molecule has 1 heterocycles. The molecule has 12 heteroatoms. The predicted octanol–water partition coefficient (Wildman–Crippen LogP) is 1.25. The highest BCUT2D eigenvalue weighted by molar-refractivity contribution is 5.92. The van der Waals surface area contributed by atoms with Crippen molar-refractivity contribution in [2.45, 2.75) is 57.9 Å². The van der Waals surface area contributed by atoms with Gasteiger partial charge in [-0.1, -0.05) is 29.4 Å². The number of benzene rings is 1. The molecule has 0 aliphatic rings. The van der Waals surface area contributed by atoms with Crippen LogP contribution in [0.3, 0.4) is 0 Å². The Labute approximate surface area is 200 Å². The lowest BCUT2D eigenvalue weighted by Crippen LogP contribution is -2.43. The van der Waals surface area contributed by atoms with Gasteiger partial charge in [-0.15, -0.1) is 0 Å². The second-order valence-electron chi connectivity index (χ2n) is 8.09. The fraction of sp³-hybridized carbons (Fsp3) is 0.435. The van der Waals surface area contributed by atoms with Crippen LogP contribution in [0.15, 0.2) is 28.8 Å². The van der Waals surface area contributed by atoms with Gasteiger partial charge in [0.2, 0.25) is 23.5 Å². The number of aromatic nitrogens is 2. The number of nitrogens with two attached hydrogens (primary N) is 1. The van der Waals surface area contributed by atoms with E-state index in [1.54, 1.807) is 31.2 Å². The minimum atomic E-state index is -1.15. The molecule has 2 rings (SSSR count). The maximum absolute atomic E-state index is 12.7. The normalized spacial score (nSPS) is 12.5. The Kier molecular flexibility index (Phi) is 10.1. The number of aliphatic carboxylic acids is 2. The van der Waals surface area contributed by atoms with Crippen molar-refractivity contribution in [2.24, 2.45) is 11.7 Å². The number of rotatable bonds is 15. The van der Waals surface area contributed by atoms with Gasteiger partial charge in [0.25, 0.3) is 0 Å². The van der Waals surface area contributed by atoms with E-state index >= 15 is 0 Å². The first-order valence-electron chi connectivity index (χ1n) is 11.0. The van der Waals surface area contributed by atoms with E-state index in [9.17, 15) is 24.0 Å². The Morgan fingerprint density at radius 1 is 1.00 bits per heavy atom. The van der Waals surface area contributed by atoms with E-state index in [0.717, 1.165) is 11.1 Å². The summed E-state index contributed by atoms with van der Waals surface area (Å²) in [4.78, 5) is 62.7. The second-order valence-corrected chi connectivity index (χ2v) is 8.09. The smallest absolute Gasteiger partial charge is 0.303 e. The molecule has 1 aromatic heterocycles. The lowest BCUT2D eigenvalue weighted by molar-refractivity contribution is -0.139. The van der Waals surface area contributed by atoms with Gasteiger partial charge in [0, 0.05) is 44.1 Å². The molecule has 0 radical (unpaired) electrons. The molecule has 2 atom stereocenters. The van der Waals surface area contributed by atoms with Crippen molar-refractivity contribution in [1.29, 1.82) is 0 Å². The van der Waals surface area contributed by atoms with Gasteiger partial charge in [-0.2, -0.15) is 4.98 Å². The summed E-state index contributed by atoms with van der Waals surface area (Å²) in [7, 11) is 0. The number of nitrogens with one attached hydrogen (secondary N) is 1. The van der Waals surface area contributed by atoms with Crippen molar-refractivity contribution in [3.05, 3.63) is 35.7 Å². The summed E-state index contributed by atoms with van der Waals surface area (Å²) in [6.45, 7) is 1.68. The Hall–Kier alpha value is -4.09. The number of hydrogen-bond donors (Lipinski definition) is 4. The molecular weight excluding hydrogens is 460 g/mol. The van der Waals surface area contributed by atoms with Crippen LogP contribution < -0.4 is 11.1 Å². The summed E-state index contributed by atoms with van der Waals surface area (Å²) in [5, 5.41) is 24.2. The molecule has 0 saturated carbocycles. The monoisotopic (exact) mass is 488 g/mol. The van der Waals surface area contributed by atoms with Crippen molar-refractivity contribution in [2.75, 3.05) is 0 Å². The third kappa shape index (κ3) is 9.35. The average Bonchev–Trinajstić information content (AvgIpc) is 3.23. The van der Waals surface area contributed by atoms with Crippen LogP contribution in [0.5, 0.6) is 0 Å². The molecule has 12 nitrogen and oxygen atoms in total. The minimum absolute atomic E-state index is 0.0375. The molecule has 5 N–H and O–H groups in total. The SMILES string of the molecule is Cc1nc(-c2ccc(CCC(=O)N[C@@H](CCC(=O)O)C(=O)C[C@@H](CCC(=O)O)C(N)=O)cc2)no1. The number of hydrogen-bond acceptors (Lipinski definition) is 8. The first-order chi connectivity index (χ1) is 16.5. The number of Topliss-reactive ketones (excluding diaryl/α,β-unsaturated/α-hetero) is 1. The summed E-state index contributed by atoms with van der Waals surface area (Å²) in [5.74, 6) is -4.29. The van der Waals surface area contributed by atoms with Crippen molar-refractivity contribution < 1.29 is 38.7 Å². The molecule has 0 saturated heterocycles. The van der Waals surface area contributed by atoms with E-state index in [-0.39, 0.29) is 38.5 Å². The second kappa shape index (κ2) is 13.0. The maximum Gasteiger partial charge on any atom is 0.303 e. The van der Waals surface area contributed by atoms with Crippen molar-refractivity contribution in [3.63, 3.8) is 0 Å². The molecule has 0 bridgehead atoms.